The van der Waals surface area contributed by atoms with Gasteiger partial charge in [0, 0.05) is 11.6 Å². The van der Waals surface area contributed by atoms with Crippen molar-refractivity contribution in [3.63, 3.8) is 0 Å². The minimum atomic E-state index is -4.44. The zero-order valence-corrected chi connectivity index (χ0v) is 11.4. The summed E-state index contributed by atoms with van der Waals surface area (Å²) in [5.74, 6) is -1.53. The van der Waals surface area contributed by atoms with Crippen molar-refractivity contribution in [3.05, 3.63) is 34.9 Å². The molecule has 6 nitrogen and oxygen atoms in total. The summed E-state index contributed by atoms with van der Waals surface area (Å²) in [6, 6.07) is 3.11. The zero-order valence-electron chi connectivity index (χ0n) is 10.5. The van der Waals surface area contributed by atoms with Gasteiger partial charge in [-0.15, -0.1) is 0 Å². The standard InChI is InChI=1S/C12H15O6P/c1-7-3-8(2)12(10(13)4-7)9(5-11(14)15)6-19(16,17)18/h3-5,13H,6H2,1-2H3,(H,14,15)(H2,16,17,18)/b9-5-. The number of aryl methyl sites for hydroxylation is 2. The number of hydrogen-bond acceptors (Lipinski definition) is 3. The molecule has 0 fully saturated rings. The summed E-state index contributed by atoms with van der Waals surface area (Å²) in [6.45, 7) is 3.39. The second-order valence-electron chi connectivity index (χ2n) is 4.31. The van der Waals surface area contributed by atoms with Gasteiger partial charge in [-0.1, -0.05) is 6.07 Å². The van der Waals surface area contributed by atoms with Crippen molar-refractivity contribution in [2.75, 3.05) is 6.16 Å². The maximum absolute atomic E-state index is 11.1. The van der Waals surface area contributed by atoms with E-state index in [1.165, 1.54) is 6.07 Å². The number of carboxylic acids is 1. The van der Waals surface area contributed by atoms with E-state index in [1.54, 1.807) is 19.9 Å². The van der Waals surface area contributed by atoms with Gasteiger partial charge in [-0.3, -0.25) is 4.57 Å². The van der Waals surface area contributed by atoms with Gasteiger partial charge in [0.25, 0.3) is 0 Å². The van der Waals surface area contributed by atoms with Crippen LogP contribution in [-0.4, -0.2) is 32.1 Å². The van der Waals surface area contributed by atoms with Crippen LogP contribution in [0.15, 0.2) is 18.2 Å². The van der Waals surface area contributed by atoms with Gasteiger partial charge in [0.1, 0.15) is 5.75 Å². The highest BCUT2D eigenvalue weighted by molar-refractivity contribution is 7.52. The first-order chi connectivity index (χ1) is 8.60. The van der Waals surface area contributed by atoms with E-state index in [1.807, 2.05) is 0 Å². The van der Waals surface area contributed by atoms with Crippen molar-refractivity contribution in [2.24, 2.45) is 0 Å². The van der Waals surface area contributed by atoms with Gasteiger partial charge in [0.15, 0.2) is 0 Å². The van der Waals surface area contributed by atoms with Gasteiger partial charge in [0.05, 0.1) is 6.16 Å². The van der Waals surface area contributed by atoms with E-state index in [2.05, 4.69) is 0 Å². The third-order valence-corrected chi connectivity index (χ3v) is 3.21. The number of rotatable bonds is 4. The molecular weight excluding hydrogens is 271 g/mol. The summed E-state index contributed by atoms with van der Waals surface area (Å²) in [5.41, 5.74) is 1.37. The average Bonchev–Trinajstić information content (AvgIpc) is 2.10. The largest absolute Gasteiger partial charge is 0.507 e. The van der Waals surface area contributed by atoms with Gasteiger partial charge < -0.3 is 20.0 Å². The molecule has 0 radical (unpaired) electrons. The SMILES string of the molecule is Cc1cc(C)c(/C(=C\C(=O)O)CP(=O)(O)O)c(O)c1. The molecule has 0 saturated carbocycles. The Kier molecular flexibility index (Phi) is 4.52. The fourth-order valence-electron chi connectivity index (χ4n) is 1.93. The average molecular weight is 286 g/mol. The first kappa shape index (κ1) is 15.4. The monoisotopic (exact) mass is 286 g/mol. The summed E-state index contributed by atoms with van der Waals surface area (Å²) in [5, 5.41) is 18.6. The molecule has 7 heteroatoms. The number of phenols is 1. The fourth-order valence-corrected chi connectivity index (χ4v) is 2.62. The molecule has 0 bridgehead atoms. The Morgan fingerprint density at radius 1 is 1.32 bits per heavy atom. The molecule has 0 heterocycles. The number of aromatic hydroxyl groups is 1. The Morgan fingerprint density at radius 3 is 2.32 bits per heavy atom. The molecular formula is C12H15O6P. The lowest BCUT2D eigenvalue weighted by molar-refractivity contribution is -0.131. The molecule has 1 aromatic rings. The van der Waals surface area contributed by atoms with Gasteiger partial charge in [-0.05, 0) is 36.6 Å². The van der Waals surface area contributed by atoms with Crippen LogP contribution in [0.2, 0.25) is 0 Å². The van der Waals surface area contributed by atoms with Crippen molar-refractivity contribution in [1.82, 2.24) is 0 Å². The molecule has 0 spiro atoms. The molecule has 0 aliphatic carbocycles. The minimum Gasteiger partial charge on any atom is -0.507 e. The number of benzene rings is 1. The van der Waals surface area contributed by atoms with Gasteiger partial charge in [-0.25, -0.2) is 4.79 Å². The highest BCUT2D eigenvalue weighted by atomic mass is 31.2. The normalized spacial score (nSPS) is 12.5. The molecule has 0 saturated heterocycles. The number of carboxylic acid groups (broad SMARTS) is 1. The number of carbonyl (C=O) groups is 1. The van der Waals surface area contributed by atoms with E-state index >= 15 is 0 Å². The summed E-state index contributed by atoms with van der Waals surface area (Å²) < 4.78 is 11.1. The third kappa shape index (κ3) is 4.52. The molecule has 4 N–H and O–H groups in total. The third-order valence-electron chi connectivity index (χ3n) is 2.45. The van der Waals surface area contributed by atoms with E-state index in [0.717, 1.165) is 5.56 Å². The van der Waals surface area contributed by atoms with Crippen molar-refractivity contribution in [3.8, 4) is 5.75 Å². The first-order valence-corrected chi connectivity index (χ1v) is 7.18. The van der Waals surface area contributed by atoms with Crippen LogP contribution >= 0.6 is 7.60 Å². The molecule has 19 heavy (non-hydrogen) atoms. The number of aliphatic carboxylic acids is 1. The van der Waals surface area contributed by atoms with Crippen molar-refractivity contribution < 1.29 is 29.4 Å². The fraction of sp³-hybridized carbons (Fsp3) is 0.250. The second-order valence-corrected chi connectivity index (χ2v) is 5.95. The molecule has 0 amide bonds. The second kappa shape index (κ2) is 5.57. The molecule has 104 valence electrons. The smallest absolute Gasteiger partial charge is 0.329 e. The summed E-state index contributed by atoms with van der Waals surface area (Å²) in [6.07, 6.45) is -0.0345. The Balaban J connectivity index is 3.42. The maximum Gasteiger partial charge on any atom is 0.329 e. The molecule has 0 atom stereocenters. The quantitative estimate of drug-likeness (QED) is 0.494. The van der Waals surface area contributed by atoms with E-state index in [9.17, 15) is 14.5 Å². The first-order valence-electron chi connectivity index (χ1n) is 5.39. The molecule has 0 unspecified atom stereocenters. The Bertz CT molecular complexity index is 561. The van der Waals surface area contributed by atoms with Crippen LogP contribution < -0.4 is 0 Å². The van der Waals surface area contributed by atoms with Crippen LogP contribution in [0.3, 0.4) is 0 Å². The predicted octanol–water partition coefficient (Wildman–Crippen LogP) is 1.65. The van der Waals surface area contributed by atoms with Crippen molar-refractivity contribution in [2.45, 2.75) is 13.8 Å². The Morgan fingerprint density at radius 2 is 1.89 bits per heavy atom. The van der Waals surface area contributed by atoms with E-state index in [-0.39, 0.29) is 16.9 Å². The van der Waals surface area contributed by atoms with E-state index < -0.39 is 19.7 Å². The zero-order chi connectivity index (χ0) is 14.8. The van der Waals surface area contributed by atoms with Crippen LogP contribution in [0, 0.1) is 13.8 Å². The topological polar surface area (TPSA) is 115 Å². The minimum absolute atomic E-state index is 0.101. The number of hydrogen-bond donors (Lipinski definition) is 4. The lowest BCUT2D eigenvalue weighted by Crippen LogP contribution is -2.01. The highest BCUT2D eigenvalue weighted by Crippen LogP contribution is 2.42. The van der Waals surface area contributed by atoms with Crippen molar-refractivity contribution >= 4 is 19.1 Å². The lowest BCUT2D eigenvalue weighted by atomic mass is 9.98. The molecule has 1 rings (SSSR count). The lowest BCUT2D eigenvalue weighted by Gasteiger charge is -2.14. The maximum atomic E-state index is 11.1. The van der Waals surface area contributed by atoms with Crippen LogP contribution in [0.5, 0.6) is 5.75 Å². The summed E-state index contributed by atoms with van der Waals surface area (Å²) in [4.78, 5) is 28.7. The van der Waals surface area contributed by atoms with Gasteiger partial charge in [-0.2, -0.15) is 0 Å². The van der Waals surface area contributed by atoms with E-state index in [4.69, 9.17) is 14.9 Å². The summed E-state index contributed by atoms with van der Waals surface area (Å²) in [7, 11) is -4.44. The molecule has 0 aliphatic heterocycles. The van der Waals surface area contributed by atoms with Gasteiger partial charge in [0.2, 0.25) is 0 Å². The molecule has 0 aromatic heterocycles. The van der Waals surface area contributed by atoms with Gasteiger partial charge >= 0.3 is 13.6 Å². The van der Waals surface area contributed by atoms with Crippen LogP contribution in [0.1, 0.15) is 16.7 Å². The van der Waals surface area contributed by atoms with Crippen LogP contribution in [0.4, 0.5) is 0 Å². The predicted molar refractivity (Wildman–Crippen MR) is 70.1 cm³/mol. The van der Waals surface area contributed by atoms with Crippen LogP contribution in [-0.2, 0) is 9.36 Å². The summed E-state index contributed by atoms with van der Waals surface area (Å²) >= 11 is 0. The molecule has 0 aliphatic rings. The Labute approximate surface area is 110 Å². The number of allylic oxidation sites excluding steroid dienone is 1. The molecule has 1 aromatic carbocycles. The number of phenolic OH excluding ortho intramolecular Hbond substituents is 1. The highest BCUT2D eigenvalue weighted by Gasteiger charge is 2.21. The van der Waals surface area contributed by atoms with Crippen molar-refractivity contribution in [1.29, 1.82) is 0 Å². The van der Waals surface area contributed by atoms with E-state index in [0.29, 0.717) is 11.6 Å². The van der Waals surface area contributed by atoms with Crippen LogP contribution in [0.25, 0.3) is 5.57 Å². The Hall–Kier alpha value is -1.62.